The summed E-state index contributed by atoms with van der Waals surface area (Å²) in [6.45, 7) is 6.18. The number of Topliss-reactive ketones (excluding diaryl/α,β-unsaturated/α-hetero) is 1. The van der Waals surface area contributed by atoms with E-state index in [9.17, 15) is 4.79 Å². The molecule has 0 aliphatic heterocycles. The zero-order chi connectivity index (χ0) is 12.7. The molecule has 0 amide bonds. The first-order valence-electron chi connectivity index (χ1n) is 6.10. The van der Waals surface area contributed by atoms with Crippen LogP contribution < -0.4 is 0 Å². The monoisotopic (exact) mass is 228 g/mol. The molecule has 0 spiro atoms. The van der Waals surface area contributed by atoms with Gasteiger partial charge in [-0.2, -0.15) is 0 Å². The fourth-order valence-electron chi connectivity index (χ4n) is 1.42. The third kappa shape index (κ3) is 4.39. The highest BCUT2D eigenvalue weighted by atomic mass is 16.1. The van der Waals surface area contributed by atoms with Crippen LogP contribution in [-0.4, -0.2) is 5.78 Å². The minimum Gasteiger partial charge on any atom is -0.289 e. The van der Waals surface area contributed by atoms with Crippen LogP contribution in [0.3, 0.4) is 0 Å². The first kappa shape index (κ1) is 13.4. The SMILES string of the molecule is CCC(C)/C=C\C=C(/C)C(=O)c1ccccc1. The van der Waals surface area contributed by atoms with E-state index in [1.165, 1.54) is 0 Å². The van der Waals surface area contributed by atoms with Crippen LogP contribution >= 0.6 is 0 Å². The summed E-state index contributed by atoms with van der Waals surface area (Å²) in [6.07, 6.45) is 7.11. The molecule has 1 atom stereocenters. The molecule has 0 N–H and O–H groups in total. The Balaban J connectivity index is 2.70. The third-order valence-corrected chi connectivity index (χ3v) is 2.82. The smallest absolute Gasteiger partial charge is 0.188 e. The van der Waals surface area contributed by atoms with Crippen molar-refractivity contribution in [2.75, 3.05) is 0 Å². The second kappa shape index (κ2) is 6.85. The van der Waals surface area contributed by atoms with E-state index in [0.717, 1.165) is 17.6 Å². The van der Waals surface area contributed by atoms with E-state index in [-0.39, 0.29) is 5.78 Å². The van der Waals surface area contributed by atoms with Gasteiger partial charge in [0.1, 0.15) is 0 Å². The molecule has 0 bridgehead atoms. The molecule has 1 nitrogen and oxygen atoms in total. The van der Waals surface area contributed by atoms with Gasteiger partial charge in [0, 0.05) is 5.56 Å². The second-order valence-corrected chi connectivity index (χ2v) is 4.32. The van der Waals surface area contributed by atoms with Gasteiger partial charge < -0.3 is 0 Å². The highest BCUT2D eigenvalue weighted by Crippen LogP contribution is 2.08. The molecule has 1 unspecified atom stereocenters. The predicted octanol–water partition coefficient (Wildman–Crippen LogP) is 4.42. The van der Waals surface area contributed by atoms with E-state index in [1.54, 1.807) is 0 Å². The molecule has 1 aromatic rings. The lowest BCUT2D eigenvalue weighted by molar-refractivity contribution is 0.103. The Morgan fingerprint density at radius 2 is 1.94 bits per heavy atom. The fraction of sp³-hybridized carbons (Fsp3) is 0.312. The van der Waals surface area contributed by atoms with Crippen molar-refractivity contribution in [1.29, 1.82) is 0 Å². The van der Waals surface area contributed by atoms with Crippen LogP contribution in [0.5, 0.6) is 0 Å². The Morgan fingerprint density at radius 1 is 1.29 bits per heavy atom. The van der Waals surface area contributed by atoms with Gasteiger partial charge in [-0.05, 0) is 18.4 Å². The Morgan fingerprint density at radius 3 is 2.53 bits per heavy atom. The largest absolute Gasteiger partial charge is 0.289 e. The molecule has 0 saturated heterocycles. The Kier molecular flexibility index (Phi) is 5.41. The summed E-state index contributed by atoms with van der Waals surface area (Å²) < 4.78 is 0. The van der Waals surface area contributed by atoms with Crippen molar-refractivity contribution in [3.8, 4) is 0 Å². The summed E-state index contributed by atoms with van der Waals surface area (Å²) in [6, 6.07) is 9.37. The summed E-state index contributed by atoms with van der Waals surface area (Å²) in [5.74, 6) is 0.658. The van der Waals surface area contributed by atoms with E-state index in [2.05, 4.69) is 19.9 Å². The second-order valence-electron chi connectivity index (χ2n) is 4.32. The number of allylic oxidation sites excluding steroid dienone is 4. The third-order valence-electron chi connectivity index (χ3n) is 2.82. The van der Waals surface area contributed by atoms with Gasteiger partial charge in [-0.15, -0.1) is 0 Å². The zero-order valence-electron chi connectivity index (χ0n) is 10.8. The maximum absolute atomic E-state index is 12.0. The van der Waals surface area contributed by atoms with Crippen LogP contribution in [-0.2, 0) is 0 Å². The average Bonchev–Trinajstić information content (AvgIpc) is 2.38. The van der Waals surface area contributed by atoms with E-state index in [1.807, 2.05) is 49.4 Å². The number of hydrogen-bond donors (Lipinski definition) is 0. The molecule has 90 valence electrons. The van der Waals surface area contributed by atoms with Crippen molar-refractivity contribution < 1.29 is 4.79 Å². The van der Waals surface area contributed by atoms with Gasteiger partial charge >= 0.3 is 0 Å². The van der Waals surface area contributed by atoms with Crippen molar-refractivity contribution in [3.05, 3.63) is 59.7 Å². The van der Waals surface area contributed by atoms with E-state index >= 15 is 0 Å². The van der Waals surface area contributed by atoms with Gasteiger partial charge in [-0.25, -0.2) is 0 Å². The van der Waals surface area contributed by atoms with Crippen LogP contribution in [0.25, 0.3) is 0 Å². The molecule has 1 heteroatoms. The maximum Gasteiger partial charge on any atom is 0.188 e. The fourth-order valence-corrected chi connectivity index (χ4v) is 1.42. The van der Waals surface area contributed by atoms with Gasteiger partial charge in [0.25, 0.3) is 0 Å². The van der Waals surface area contributed by atoms with Crippen LogP contribution in [0.4, 0.5) is 0 Å². The first-order chi connectivity index (χ1) is 8.15. The molecule has 1 aromatic carbocycles. The summed E-state index contributed by atoms with van der Waals surface area (Å²) in [7, 11) is 0. The maximum atomic E-state index is 12.0. The molecule has 0 aromatic heterocycles. The highest BCUT2D eigenvalue weighted by Gasteiger charge is 2.05. The lowest BCUT2D eigenvalue weighted by atomic mass is 10.0. The van der Waals surface area contributed by atoms with Crippen LogP contribution in [0, 0.1) is 5.92 Å². The number of benzene rings is 1. The van der Waals surface area contributed by atoms with Gasteiger partial charge in [0.05, 0.1) is 0 Å². The number of rotatable bonds is 5. The Hall–Kier alpha value is -1.63. The molecule has 0 heterocycles. The summed E-state index contributed by atoms with van der Waals surface area (Å²) >= 11 is 0. The molecular weight excluding hydrogens is 208 g/mol. The van der Waals surface area contributed by atoms with E-state index in [4.69, 9.17) is 0 Å². The van der Waals surface area contributed by atoms with Crippen LogP contribution in [0.15, 0.2) is 54.1 Å². The normalized spacial score (nSPS) is 13.9. The highest BCUT2D eigenvalue weighted by molar-refractivity contribution is 6.08. The number of hydrogen-bond acceptors (Lipinski definition) is 1. The Bertz CT molecular complexity index is 412. The molecule has 0 fully saturated rings. The quantitative estimate of drug-likeness (QED) is 0.414. The molecule has 1 rings (SSSR count). The van der Waals surface area contributed by atoms with Crippen molar-refractivity contribution >= 4 is 5.78 Å². The minimum atomic E-state index is 0.0967. The van der Waals surface area contributed by atoms with Gasteiger partial charge in [-0.1, -0.05) is 68.8 Å². The van der Waals surface area contributed by atoms with Crippen LogP contribution in [0.2, 0.25) is 0 Å². The Labute approximate surface area is 104 Å². The first-order valence-corrected chi connectivity index (χ1v) is 6.10. The van der Waals surface area contributed by atoms with Gasteiger partial charge in [0.2, 0.25) is 0 Å². The molecule has 0 aliphatic carbocycles. The molecule has 0 saturated carbocycles. The van der Waals surface area contributed by atoms with Crippen molar-refractivity contribution in [1.82, 2.24) is 0 Å². The van der Waals surface area contributed by atoms with Crippen LogP contribution in [0.1, 0.15) is 37.6 Å². The number of carbonyl (C=O) groups excluding carboxylic acids is 1. The van der Waals surface area contributed by atoms with Crippen molar-refractivity contribution in [2.24, 2.45) is 5.92 Å². The predicted molar refractivity (Wildman–Crippen MR) is 73.1 cm³/mol. The summed E-state index contributed by atoms with van der Waals surface area (Å²) in [5, 5.41) is 0. The zero-order valence-corrected chi connectivity index (χ0v) is 10.8. The summed E-state index contributed by atoms with van der Waals surface area (Å²) in [5.41, 5.74) is 1.52. The number of carbonyl (C=O) groups is 1. The molecular formula is C16H20O. The molecule has 0 radical (unpaired) electrons. The van der Waals surface area contributed by atoms with Gasteiger partial charge in [-0.3, -0.25) is 4.79 Å². The van der Waals surface area contributed by atoms with E-state index < -0.39 is 0 Å². The van der Waals surface area contributed by atoms with Crippen molar-refractivity contribution in [2.45, 2.75) is 27.2 Å². The molecule has 0 aliphatic rings. The minimum absolute atomic E-state index is 0.0967. The standard InChI is InChI=1S/C16H20O/c1-4-13(2)9-8-10-14(3)16(17)15-11-6-5-7-12-15/h5-13H,4H2,1-3H3/b9-8-,14-10+. The topological polar surface area (TPSA) is 17.1 Å². The summed E-state index contributed by atoms with van der Waals surface area (Å²) in [4.78, 5) is 12.0. The number of ketones is 1. The van der Waals surface area contributed by atoms with Crippen molar-refractivity contribution in [3.63, 3.8) is 0 Å². The van der Waals surface area contributed by atoms with E-state index in [0.29, 0.717) is 5.92 Å². The average molecular weight is 228 g/mol. The van der Waals surface area contributed by atoms with Gasteiger partial charge in [0.15, 0.2) is 5.78 Å². The molecule has 17 heavy (non-hydrogen) atoms. The lowest BCUT2D eigenvalue weighted by Crippen LogP contribution is -1.99. The lowest BCUT2D eigenvalue weighted by Gasteiger charge is -2.00.